The van der Waals surface area contributed by atoms with Crippen LogP contribution in [0.5, 0.6) is 0 Å². The van der Waals surface area contributed by atoms with Crippen molar-refractivity contribution in [3.05, 3.63) is 0 Å². The quantitative estimate of drug-likeness (QED) is 0.285. The SMILES string of the molecule is CC(C)(C)OC(=O)[N+]1(C(=O)[C@H](CC2CCCC2)CN(O)C=O)CCC[C@H]1C(N)=O. The van der Waals surface area contributed by atoms with E-state index in [1.165, 1.54) is 0 Å². The molecular formula is C20H34N3O6+. The van der Waals surface area contributed by atoms with Crippen molar-refractivity contribution in [1.82, 2.24) is 5.06 Å². The zero-order chi connectivity index (χ0) is 21.8. The average Bonchev–Trinajstić information content (AvgIpc) is 3.28. The van der Waals surface area contributed by atoms with E-state index in [4.69, 9.17) is 10.5 Å². The molecule has 2 rings (SSSR count). The minimum Gasteiger partial charge on any atom is -0.414 e. The molecule has 9 nitrogen and oxygen atoms in total. The molecule has 0 aromatic rings. The van der Waals surface area contributed by atoms with Crippen LogP contribution in [-0.4, -0.2) is 63.8 Å². The maximum Gasteiger partial charge on any atom is 0.524 e. The van der Waals surface area contributed by atoms with Crippen molar-refractivity contribution in [2.24, 2.45) is 17.6 Å². The monoisotopic (exact) mass is 412 g/mol. The molecule has 29 heavy (non-hydrogen) atoms. The molecular weight excluding hydrogens is 378 g/mol. The number of rotatable bonds is 7. The Morgan fingerprint density at radius 1 is 1.21 bits per heavy atom. The Hall–Kier alpha value is -2.00. The lowest BCUT2D eigenvalue weighted by Crippen LogP contribution is -2.66. The third-order valence-electron chi connectivity index (χ3n) is 5.93. The Balaban J connectivity index is 2.41. The third kappa shape index (κ3) is 5.33. The molecule has 164 valence electrons. The zero-order valence-corrected chi connectivity index (χ0v) is 17.6. The smallest absolute Gasteiger partial charge is 0.414 e. The van der Waals surface area contributed by atoms with E-state index < -0.39 is 40.0 Å². The molecule has 1 heterocycles. The van der Waals surface area contributed by atoms with Gasteiger partial charge in [0.25, 0.3) is 5.91 Å². The first-order valence-corrected chi connectivity index (χ1v) is 10.4. The fraction of sp³-hybridized carbons (Fsp3) is 0.800. The van der Waals surface area contributed by atoms with Gasteiger partial charge in [-0.25, -0.2) is 9.86 Å². The summed E-state index contributed by atoms with van der Waals surface area (Å²) in [6.07, 6.45) is 4.73. The van der Waals surface area contributed by atoms with Crippen LogP contribution in [0.1, 0.15) is 65.7 Å². The number of hydroxylamine groups is 2. The van der Waals surface area contributed by atoms with E-state index >= 15 is 0 Å². The highest BCUT2D eigenvalue weighted by atomic mass is 16.6. The standard InChI is InChI=1S/C20H33N3O6/c1-20(2,3)29-19(27)23(10-6-9-16(23)17(21)25)18(26)15(12-22(28)13-24)11-14-7-4-5-8-14/h13-16,28H,4-12H2,1-3H3,(H-,21,25)/p+1/t15-,16+,23?/m1/s1. The number of carbonyl (C=O) groups excluding carboxylic acids is 4. The van der Waals surface area contributed by atoms with Gasteiger partial charge in [0.2, 0.25) is 6.41 Å². The highest BCUT2D eigenvalue weighted by Crippen LogP contribution is 2.37. The zero-order valence-electron chi connectivity index (χ0n) is 17.6. The van der Waals surface area contributed by atoms with Crippen LogP contribution in [0.2, 0.25) is 0 Å². The van der Waals surface area contributed by atoms with Gasteiger partial charge in [-0.2, -0.15) is 4.79 Å². The number of nitrogens with zero attached hydrogens (tertiary/aromatic N) is 2. The Labute approximate surface area is 171 Å². The van der Waals surface area contributed by atoms with E-state index in [1.807, 2.05) is 0 Å². The molecule has 1 aliphatic carbocycles. The van der Waals surface area contributed by atoms with Crippen molar-refractivity contribution in [3.63, 3.8) is 0 Å². The summed E-state index contributed by atoms with van der Waals surface area (Å²) >= 11 is 0. The molecule has 1 saturated heterocycles. The number of ether oxygens (including phenoxy) is 1. The molecule has 2 fully saturated rings. The van der Waals surface area contributed by atoms with E-state index in [0.717, 1.165) is 25.7 Å². The predicted octanol–water partition coefficient (Wildman–Crippen LogP) is 1.96. The highest BCUT2D eigenvalue weighted by molar-refractivity contribution is 5.90. The summed E-state index contributed by atoms with van der Waals surface area (Å²) in [6.45, 7) is 4.97. The molecule has 0 aromatic heterocycles. The van der Waals surface area contributed by atoms with E-state index in [2.05, 4.69) is 0 Å². The lowest BCUT2D eigenvalue weighted by Gasteiger charge is -2.37. The fourth-order valence-corrected chi connectivity index (χ4v) is 4.68. The van der Waals surface area contributed by atoms with Crippen LogP contribution in [-0.2, 0) is 19.1 Å². The van der Waals surface area contributed by atoms with Gasteiger partial charge in [-0.3, -0.25) is 14.8 Å². The minimum atomic E-state index is -1.01. The average molecular weight is 413 g/mol. The van der Waals surface area contributed by atoms with Crippen LogP contribution in [0, 0.1) is 11.8 Å². The molecule has 9 heteroatoms. The van der Waals surface area contributed by atoms with Gasteiger partial charge >= 0.3 is 12.0 Å². The van der Waals surface area contributed by atoms with Crippen LogP contribution >= 0.6 is 0 Å². The van der Waals surface area contributed by atoms with Gasteiger partial charge < -0.3 is 10.5 Å². The molecule has 0 bridgehead atoms. The van der Waals surface area contributed by atoms with Gasteiger partial charge in [-0.15, -0.1) is 4.48 Å². The summed E-state index contributed by atoms with van der Waals surface area (Å²) in [5.74, 6) is -1.75. The molecule has 1 aliphatic heterocycles. The first-order chi connectivity index (χ1) is 13.5. The maximum atomic E-state index is 13.8. The second-order valence-electron chi connectivity index (χ2n) is 9.28. The van der Waals surface area contributed by atoms with Crippen LogP contribution in [0.25, 0.3) is 0 Å². The summed E-state index contributed by atoms with van der Waals surface area (Å²) in [4.78, 5) is 50.1. The molecule has 1 saturated carbocycles. The molecule has 0 aromatic carbocycles. The minimum absolute atomic E-state index is 0.120. The summed E-state index contributed by atoms with van der Waals surface area (Å²) in [6, 6.07) is -1.01. The number of likely N-dealkylation sites (tertiary alicyclic amines) is 1. The fourth-order valence-electron chi connectivity index (χ4n) is 4.68. The van der Waals surface area contributed by atoms with Gasteiger partial charge in [0.15, 0.2) is 6.04 Å². The number of amides is 4. The number of nitrogens with two attached hydrogens (primary N) is 1. The molecule has 2 aliphatic rings. The number of hydrogen-bond acceptors (Lipinski definition) is 6. The van der Waals surface area contributed by atoms with Crippen molar-refractivity contribution in [2.75, 3.05) is 13.1 Å². The molecule has 1 unspecified atom stereocenters. The molecule has 3 N–H and O–H groups in total. The number of carbonyl (C=O) groups is 4. The number of hydrogen-bond donors (Lipinski definition) is 2. The lowest BCUT2D eigenvalue weighted by molar-refractivity contribution is -0.788. The van der Waals surface area contributed by atoms with E-state index in [9.17, 15) is 24.4 Å². The van der Waals surface area contributed by atoms with Crippen molar-refractivity contribution >= 4 is 24.3 Å². The van der Waals surface area contributed by atoms with Crippen LogP contribution in [0.3, 0.4) is 0 Å². The number of imide groups is 1. The number of primary amides is 1. The van der Waals surface area contributed by atoms with E-state index in [1.54, 1.807) is 20.8 Å². The Kier molecular flexibility index (Phi) is 7.40. The second-order valence-corrected chi connectivity index (χ2v) is 9.28. The largest absolute Gasteiger partial charge is 0.524 e. The molecule has 3 atom stereocenters. The topological polar surface area (TPSA) is 127 Å². The van der Waals surface area contributed by atoms with Crippen molar-refractivity contribution in [2.45, 2.75) is 77.4 Å². The number of quaternary nitrogens is 1. The predicted molar refractivity (Wildman–Crippen MR) is 103 cm³/mol. The van der Waals surface area contributed by atoms with E-state index in [-0.39, 0.29) is 25.4 Å². The third-order valence-corrected chi connectivity index (χ3v) is 5.93. The van der Waals surface area contributed by atoms with Crippen molar-refractivity contribution in [1.29, 1.82) is 0 Å². The lowest BCUT2D eigenvalue weighted by atomic mass is 9.91. The van der Waals surface area contributed by atoms with Gasteiger partial charge in [-0.05, 0) is 33.1 Å². The Morgan fingerprint density at radius 3 is 2.34 bits per heavy atom. The van der Waals surface area contributed by atoms with Gasteiger partial charge in [0, 0.05) is 12.8 Å². The molecule has 0 radical (unpaired) electrons. The summed E-state index contributed by atoms with van der Waals surface area (Å²) in [7, 11) is 0. The highest BCUT2D eigenvalue weighted by Gasteiger charge is 2.60. The van der Waals surface area contributed by atoms with Gasteiger partial charge in [-0.1, -0.05) is 25.7 Å². The van der Waals surface area contributed by atoms with Gasteiger partial charge in [0.1, 0.15) is 5.60 Å². The normalized spacial score (nSPS) is 26.1. The van der Waals surface area contributed by atoms with Crippen molar-refractivity contribution in [3.8, 4) is 0 Å². The Morgan fingerprint density at radius 2 is 1.83 bits per heavy atom. The van der Waals surface area contributed by atoms with Crippen LogP contribution in [0.15, 0.2) is 0 Å². The maximum absolute atomic E-state index is 13.8. The molecule has 0 spiro atoms. The summed E-state index contributed by atoms with van der Waals surface area (Å²) < 4.78 is 4.74. The first kappa shape index (κ1) is 23.3. The van der Waals surface area contributed by atoms with Gasteiger partial charge in [0.05, 0.1) is 19.0 Å². The van der Waals surface area contributed by atoms with Crippen LogP contribution < -0.4 is 5.73 Å². The first-order valence-electron chi connectivity index (χ1n) is 10.4. The van der Waals surface area contributed by atoms with E-state index in [0.29, 0.717) is 24.3 Å². The second kappa shape index (κ2) is 9.21. The Bertz CT molecular complexity index is 641. The molecule has 4 amide bonds. The summed E-state index contributed by atoms with van der Waals surface area (Å²) in [5.41, 5.74) is 4.73. The van der Waals surface area contributed by atoms with Crippen LogP contribution in [0.4, 0.5) is 4.79 Å². The van der Waals surface area contributed by atoms with Crippen molar-refractivity contribution < 1.29 is 33.6 Å². The summed E-state index contributed by atoms with van der Waals surface area (Å²) in [5, 5.41) is 10.2.